The van der Waals surface area contributed by atoms with Crippen molar-refractivity contribution in [3.05, 3.63) is 49.1 Å². The van der Waals surface area contributed by atoms with Gasteiger partial charge in [0, 0.05) is 17.1 Å². The first-order valence-electron chi connectivity index (χ1n) is 4.77. The number of imidazole rings is 1. The molecule has 3 rings (SSSR count). The number of aromatic amines is 1. The summed E-state index contributed by atoms with van der Waals surface area (Å²) in [4.78, 5) is 11.4. The van der Waals surface area contributed by atoms with Crippen molar-refractivity contribution in [2.75, 3.05) is 0 Å². The minimum Gasteiger partial charge on any atom is -0.345 e. The van der Waals surface area contributed by atoms with Gasteiger partial charge in [0.1, 0.15) is 0 Å². The summed E-state index contributed by atoms with van der Waals surface area (Å²) in [7, 11) is 0. The van der Waals surface area contributed by atoms with E-state index >= 15 is 0 Å². The lowest BCUT2D eigenvalue weighted by Crippen LogP contribution is -1.80. The summed E-state index contributed by atoms with van der Waals surface area (Å²) in [5, 5.41) is 1.15. The van der Waals surface area contributed by atoms with Gasteiger partial charge in [-0.05, 0) is 12.1 Å². The van der Waals surface area contributed by atoms with E-state index in [0.717, 1.165) is 22.2 Å². The Morgan fingerprint density at radius 3 is 3.00 bits per heavy atom. The molecule has 2 aromatic heterocycles. The lowest BCUT2D eigenvalue weighted by Gasteiger charge is -2.00. The molecule has 0 aliphatic carbocycles. The van der Waals surface area contributed by atoms with Crippen LogP contribution in [0.5, 0.6) is 0 Å². The second kappa shape index (κ2) is 3.20. The quantitative estimate of drug-likeness (QED) is 0.648. The van der Waals surface area contributed by atoms with Crippen LogP contribution in [0.3, 0.4) is 0 Å². The molecule has 0 unspecified atom stereocenters. The van der Waals surface area contributed by atoms with E-state index in [1.54, 1.807) is 12.5 Å². The fourth-order valence-electron chi connectivity index (χ4n) is 1.65. The summed E-state index contributed by atoms with van der Waals surface area (Å²) in [5.74, 6) is 0. The van der Waals surface area contributed by atoms with Gasteiger partial charge in [0.2, 0.25) is 0 Å². The van der Waals surface area contributed by atoms with Gasteiger partial charge >= 0.3 is 0 Å². The number of nitrogens with zero attached hydrogens (tertiary/aromatic N) is 2. The van der Waals surface area contributed by atoms with Crippen LogP contribution >= 0.6 is 0 Å². The molecule has 0 spiro atoms. The van der Waals surface area contributed by atoms with Crippen LogP contribution in [-0.4, -0.2) is 15.0 Å². The largest absolute Gasteiger partial charge is 0.345 e. The summed E-state index contributed by atoms with van der Waals surface area (Å²) in [6.45, 7) is 0. The lowest BCUT2D eigenvalue weighted by atomic mass is 10.1. The van der Waals surface area contributed by atoms with Crippen molar-refractivity contribution in [2.24, 2.45) is 0 Å². The molecular weight excluding hydrogens is 186 g/mol. The van der Waals surface area contributed by atoms with E-state index in [0.29, 0.717) is 0 Å². The first-order valence-corrected chi connectivity index (χ1v) is 4.77. The van der Waals surface area contributed by atoms with E-state index in [4.69, 9.17) is 0 Å². The van der Waals surface area contributed by atoms with Gasteiger partial charge in [-0.3, -0.25) is 4.98 Å². The number of hydrogen-bond acceptors (Lipinski definition) is 2. The zero-order valence-electron chi connectivity index (χ0n) is 8.01. The number of nitrogens with one attached hydrogen (secondary N) is 1. The standard InChI is InChI=1S/C12H9N3/c1-2-9-3-4-10(6-11(9)14-5-1)12-7-13-8-15-12/h1-8H,(H,13,15). The number of hydrogen-bond donors (Lipinski definition) is 1. The maximum Gasteiger partial charge on any atom is 0.0924 e. The van der Waals surface area contributed by atoms with Crippen LogP contribution in [0.25, 0.3) is 22.2 Å². The zero-order chi connectivity index (χ0) is 10.1. The van der Waals surface area contributed by atoms with Crippen LogP contribution in [0.4, 0.5) is 0 Å². The molecule has 0 fully saturated rings. The fraction of sp³-hybridized carbons (Fsp3) is 0. The third-order valence-corrected chi connectivity index (χ3v) is 2.42. The molecule has 0 aliphatic heterocycles. The lowest BCUT2D eigenvalue weighted by molar-refractivity contribution is 1.31. The molecule has 72 valence electrons. The van der Waals surface area contributed by atoms with Gasteiger partial charge in [-0.1, -0.05) is 18.2 Å². The highest BCUT2D eigenvalue weighted by Gasteiger charge is 2.00. The first kappa shape index (κ1) is 8.17. The number of rotatable bonds is 1. The van der Waals surface area contributed by atoms with Gasteiger partial charge < -0.3 is 4.98 Å². The first-order chi connectivity index (χ1) is 7.43. The van der Waals surface area contributed by atoms with E-state index in [1.807, 2.05) is 12.3 Å². The van der Waals surface area contributed by atoms with Gasteiger partial charge in [-0.25, -0.2) is 4.98 Å². The molecule has 0 bridgehead atoms. The molecule has 3 nitrogen and oxygen atoms in total. The second-order valence-electron chi connectivity index (χ2n) is 3.38. The van der Waals surface area contributed by atoms with Crippen molar-refractivity contribution >= 4 is 10.9 Å². The minimum absolute atomic E-state index is 1.00. The average molecular weight is 195 g/mol. The number of fused-ring (bicyclic) bond motifs is 1. The van der Waals surface area contributed by atoms with Gasteiger partial charge in [0.15, 0.2) is 0 Å². The van der Waals surface area contributed by atoms with Crippen molar-refractivity contribution in [1.82, 2.24) is 15.0 Å². The van der Waals surface area contributed by atoms with Crippen molar-refractivity contribution in [3.63, 3.8) is 0 Å². The number of aromatic nitrogens is 3. The fourth-order valence-corrected chi connectivity index (χ4v) is 1.65. The Morgan fingerprint density at radius 2 is 2.13 bits per heavy atom. The Morgan fingerprint density at radius 1 is 1.13 bits per heavy atom. The van der Waals surface area contributed by atoms with E-state index in [2.05, 4.69) is 39.2 Å². The third kappa shape index (κ3) is 1.38. The normalized spacial score (nSPS) is 10.7. The van der Waals surface area contributed by atoms with E-state index < -0.39 is 0 Å². The van der Waals surface area contributed by atoms with Crippen LogP contribution < -0.4 is 0 Å². The topological polar surface area (TPSA) is 41.6 Å². The second-order valence-corrected chi connectivity index (χ2v) is 3.38. The van der Waals surface area contributed by atoms with Crippen LogP contribution in [0, 0.1) is 0 Å². The molecule has 1 N–H and O–H groups in total. The highest BCUT2D eigenvalue weighted by molar-refractivity contribution is 5.83. The molecular formula is C12H9N3. The number of benzene rings is 1. The predicted molar refractivity (Wildman–Crippen MR) is 59.3 cm³/mol. The van der Waals surface area contributed by atoms with Crippen molar-refractivity contribution < 1.29 is 0 Å². The number of pyridine rings is 1. The Bertz CT molecular complexity index is 585. The maximum absolute atomic E-state index is 4.32. The van der Waals surface area contributed by atoms with Gasteiger partial charge in [0.05, 0.1) is 23.7 Å². The van der Waals surface area contributed by atoms with Crippen LogP contribution in [0.15, 0.2) is 49.1 Å². The zero-order valence-corrected chi connectivity index (χ0v) is 8.01. The van der Waals surface area contributed by atoms with E-state index in [-0.39, 0.29) is 0 Å². The Kier molecular flexibility index (Phi) is 1.75. The molecule has 2 heterocycles. The third-order valence-electron chi connectivity index (χ3n) is 2.42. The Hall–Kier alpha value is -2.16. The van der Waals surface area contributed by atoms with Crippen LogP contribution in [-0.2, 0) is 0 Å². The van der Waals surface area contributed by atoms with Crippen molar-refractivity contribution in [1.29, 1.82) is 0 Å². The summed E-state index contributed by atoms with van der Waals surface area (Å²) in [6.07, 6.45) is 5.29. The maximum atomic E-state index is 4.32. The monoisotopic (exact) mass is 195 g/mol. The number of H-pyrrole nitrogens is 1. The Labute approximate surface area is 86.8 Å². The average Bonchev–Trinajstić information content (AvgIpc) is 2.82. The van der Waals surface area contributed by atoms with Gasteiger partial charge in [-0.2, -0.15) is 0 Å². The van der Waals surface area contributed by atoms with Crippen molar-refractivity contribution in [2.45, 2.75) is 0 Å². The highest BCUT2D eigenvalue weighted by Crippen LogP contribution is 2.20. The molecule has 0 saturated heterocycles. The molecule has 15 heavy (non-hydrogen) atoms. The summed E-state index contributed by atoms with van der Waals surface area (Å²) in [6, 6.07) is 10.2. The molecule has 0 saturated carbocycles. The molecule has 0 atom stereocenters. The van der Waals surface area contributed by atoms with Crippen LogP contribution in [0.1, 0.15) is 0 Å². The smallest absolute Gasteiger partial charge is 0.0924 e. The van der Waals surface area contributed by atoms with E-state index in [9.17, 15) is 0 Å². The predicted octanol–water partition coefficient (Wildman–Crippen LogP) is 2.62. The summed E-state index contributed by atoms with van der Waals surface area (Å²) in [5.41, 5.74) is 3.13. The van der Waals surface area contributed by atoms with Crippen molar-refractivity contribution in [3.8, 4) is 11.3 Å². The minimum atomic E-state index is 1.00. The summed E-state index contributed by atoms with van der Waals surface area (Å²) < 4.78 is 0. The van der Waals surface area contributed by atoms with Crippen LogP contribution in [0.2, 0.25) is 0 Å². The molecule has 1 aromatic carbocycles. The van der Waals surface area contributed by atoms with Gasteiger partial charge in [0.25, 0.3) is 0 Å². The Balaban J connectivity index is 2.22. The highest BCUT2D eigenvalue weighted by atomic mass is 14.9. The molecule has 0 radical (unpaired) electrons. The molecule has 0 aliphatic rings. The van der Waals surface area contributed by atoms with Gasteiger partial charge in [-0.15, -0.1) is 0 Å². The van der Waals surface area contributed by atoms with E-state index in [1.165, 1.54) is 0 Å². The molecule has 0 amide bonds. The summed E-state index contributed by atoms with van der Waals surface area (Å²) >= 11 is 0. The SMILES string of the molecule is c1cnc2cc(-c3cnc[nH]3)ccc2c1. The molecule has 3 aromatic rings. The molecule has 3 heteroatoms.